The highest BCUT2D eigenvalue weighted by molar-refractivity contribution is 5.58. The van der Waals surface area contributed by atoms with E-state index in [1.807, 2.05) is 6.92 Å². The first kappa shape index (κ1) is 16.0. The van der Waals surface area contributed by atoms with Gasteiger partial charge in [-0.15, -0.1) is 0 Å². The lowest BCUT2D eigenvalue weighted by molar-refractivity contribution is 0.0458. The Balaban J connectivity index is 2.21. The van der Waals surface area contributed by atoms with Crippen LogP contribution in [0.25, 0.3) is 0 Å². The van der Waals surface area contributed by atoms with E-state index in [1.165, 1.54) is 0 Å². The lowest BCUT2D eigenvalue weighted by Crippen LogP contribution is -2.38. The zero-order chi connectivity index (χ0) is 15.4. The first-order valence-corrected chi connectivity index (χ1v) is 7.78. The van der Waals surface area contributed by atoms with Crippen molar-refractivity contribution in [2.75, 3.05) is 30.0 Å². The van der Waals surface area contributed by atoms with Crippen molar-refractivity contribution < 1.29 is 4.74 Å². The molecule has 1 aromatic rings. The number of nitrogen functional groups attached to an aromatic ring is 1. The fourth-order valence-corrected chi connectivity index (χ4v) is 2.70. The number of anilines is 2. The molecule has 0 spiro atoms. The predicted molar refractivity (Wildman–Crippen MR) is 85.5 cm³/mol. The molecule has 0 saturated carbocycles. The second kappa shape index (κ2) is 7.04. The third-order valence-corrected chi connectivity index (χ3v) is 3.93. The molecule has 0 aliphatic carbocycles. The Morgan fingerprint density at radius 2 is 2.00 bits per heavy atom. The number of nitrogens with two attached hydrogens (primary N) is 1. The lowest BCUT2D eigenvalue weighted by Gasteiger charge is -2.34. The normalized spacial score (nSPS) is 16.6. The lowest BCUT2D eigenvalue weighted by atomic mass is 10.1. The molecule has 2 heterocycles. The SMILES string of the molecule is CCOC1CCN(c2nc(C(C)C)nc(NN)c2C)CC1. The minimum Gasteiger partial charge on any atom is -0.378 e. The van der Waals surface area contributed by atoms with Crippen molar-refractivity contribution in [1.82, 2.24) is 9.97 Å². The van der Waals surface area contributed by atoms with Gasteiger partial charge in [0, 0.05) is 31.2 Å². The molecule has 6 nitrogen and oxygen atoms in total. The molecule has 0 aromatic carbocycles. The quantitative estimate of drug-likeness (QED) is 0.640. The van der Waals surface area contributed by atoms with Crippen molar-refractivity contribution in [3.8, 4) is 0 Å². The Kier molecular flexibility index (Phi) is 5.36. The van der Waals surface area contributed by atoms with Crippen LogP contribution in [0.1, 0.15) is 50.9 Å². The number of hydrazine groups is 1. The summed E-state index contributed by atoms with van der Waals surface area (Å²) in [5, 5.41) is 0. The van der Waals surface area contributed by atoms with Gasteiger partial charge in [0.2, 0.25) is 0 Å². The average Bonchev–Trinajstić information content (AvgIpc) is 2.48. The summed E-state index contributed by atoms with van der Waals surface area (Å²) >= 11 is 0. The summed E-state index contributed by atoms with van der Waals surface area (Å²) in [6.07, 6.45) is 2.46. The summed E-state index contributed by atoms with van der Waals surface area (Å²) in [7, 11) is 0. The van der Waals surface area contributed by atoms with Crippen molar-refractivity contribution in [2.45, 2.75) is 52.6 Å². The van der Waals surface area contributed by atoms with E-state index in [0.717, 1.165) is 55.6 Å². The molecule has 2 rings (SSSR count). The third-order valence-electron chi connectivity index (χ3n) is 3.93. The molecule has 0 amide bonds. The summed E-state index contributed by atoms with van der Waals surface area (Å²) in [6.45, 7) is 11.0. The molecule has 1 saturated heterocycles. The van der Waals surface area contributed by atoms with Crippen molar-refractivity contribution >= 4 is 11.6 Å². The highest BCUT2D eigenvalue weighted by Crippen LogP contribution is 2.28. The van der Waals surface area contributed by atoms with E-state index in [2.05, 4.69) is 36.1 Å². The summed E-state index contributed by atoms with van der Waals surface area (Å²) in [6, 6.07) is 0. The highest BCUT2D eigenvalue weighted by Gasteiger charge is 2.23. The van der Waals surface area contributed by atoms with E-state index >= 15 is 0 Å². The second-order valence-electron chi connectivity index (χ2n) is 5.82. The van der Waals surface area contributed by atoms with Crippen LogP contribution in [-0.2, 0) is 4.74 Å². The number of aromatic nitrogens is 2. The van der Waals surface area contributed by atoms with Gasteiger partial charge in [-0.05, 0) is 26.7 Å². The van der Waals surface area contributed by atoms with Gasteiger partial charge in [0.25, 0.3) is 0 Å². The molecule has 0 unspecified atom stereocenters. The van der Waals surface area contributed by atoms with Gasteiger partial charge >= 0.3 is 0 Å². The molecular formula is C15H27N5O. The van der Waals surface area contributed by atoms with Crippen LogP contribution in [0.3, 0.4) is 0 Å². The molecule has 1 aliphatic rings. The van der Waals surface area contributed by atoms with E-state index < -0.39 is 0 Å². The van der Waals surface area contributed by atoms with E-state index in [4.69, 9.17) is 15.6 Å². The van der Waals surface area contributed by atoms with Crippen molar-refractivity contribution in [3.63, 3.8) is 0 Å². The fourth-order valence-electron chi connectivity index (χ4n) is 2.70. The second-order valence-corrected chi connectivity index (χ2v) is 5.82. The molecule has 0 radical (unpaired) electrons. The van der Waals surface area contributed by atoms with Gasteiger partial charge < -0.3 is 15.1 Å². The summed E-state index contributed by atoms with van der Waals surface area (Å²) < 4.78 is 5.71. The number of hydrogen-bond donors (Lipinski definition) is 2. The molecular weight excluding hydrogens is 266 g/mol. The molecule has 21 heavy (non-hydrogen) atoms. The van der Waals surface area contributed by atoms with Crippen LogP contribution in [0.15, 0.2) is 0 Å². The summed E-state index contributed by atoms with van der Waals surface area (Å²) in [5.74, 6) is 8.42. The number of ether oxygens (including phenoxy) is 1. The van der Waals surface area contributed by atoms with Gasteiger partial charge in [-0.3, -0.25) is 0 Å². The predicted octanol–water partition coefficient (Wildman–Crippen LogP) is 2.20. The average molecular weight is 293 g/mol. The number of piperidine rings is 1. The fraction of sp³-hybridized carbons (Fsp3) is 0.733. The molecule has 3 N–H and O–H groups in total. The molecule has 1 aliphatic heterocycles. The van der Waals surface area contributed by atoms with Gasteiger partial charge in [-0.2, -0.15) is 0 Å². The first-order valence-electron chi connectivity index (χ1n) is 7.78. The Labute approximate surface area is 127 Å². The summed E-state index contributed by atoms with van der Waals surface area (Å²) in [4.78, 5) is 11.6. The zero-order valence-corrected chi connectivity index (χ0v) is 13.5. The van der Waals surface area contributed by atoms with Crippen LogP contribution >= 0.6 is 0 Å². The number of nitrogens with zero attached hydrogens (tertiary/aromatic N) is 3. The highest BCUT2D eigenvalue weighted by atomic mass is 16.5. The third kappa shape index (κ3) is 3.63. The first-order chi connectivity index (χ1) is 10.1. The number of nitrogens with one attached hydrogen (secondary N) is 1. The van der Waals surface area contributed by atoms with Crippen LogP contribution in [0.5, 0.6) is 0 Å². The smallest absolute Gasteiger partial charge is 0.148 e. The van der Waals surface area contributed by atoms with E-state index in [0.29, 0.717) is 6.10 Å². The molecule has 0 atom stereocenters. The summed E-state index contributed by atoms with van der Waals surface area (Å²) in [5.41, 5.74) is 3.71. The Hall–Kier alpha value is -1.40. The van der Waals surface area contributed by atoms with Crippen LogP contribution in [0.4, 0.5) is 11.6 Å². The maximum Gasteiger partial charge on any atom is 0.148 e. The molecule has 1 fully saturated rings. The molecule has 0 bridgehead atoms. The Morgan fingerprint density at radius 3 is 2.52 bits per heavy atom. The van der Waals surface area contributed by atoms with Crippen LogP contribution in [-0.4, -0.2) is 35.8 Å². The standard InChI is InChI=1S/C15H27N5O/c1-5-21-12-6-8-20(9-7-12)15-11(4)14(19-16)17-13(18-15)10(2)3/h10,12H,5-9,16H2,1-4H3,(H,17,18,19). The van der Waals surface area contributed by atoms with Crippen LogP contribution in [0, 0.1) is 6.92 Å². The van der Waals surface area contributed by atoms with Gasteiger partial charge in [-0.1, -0.05) is 13.8 Å². The zero-order valence-electron chi connectivity index (χ0n) is 13.5. The number of hydrogen-bond acceptors (Lipinski definition) is 6. The molecule has 1 aromatic heterocycles. The monoisotopic (exact) mass is 293 g/mol. The van der Waals surface area contributed by atoms with E-state index in [-0.39, 0.29) is 5.92 Å². The minimum absolute atomic E-state index is 0.275. The maximum absolute atomic E-state index is 5.71. The maximum atomic E-state index is 5.71. The molecule has 6 heteroatoms. The van der Waals surface area contributed by atoms with Crippen molar-refractivity contribution in [2.24, 2.45) is 5.84 Å². The largest absolute Gasteiger partial charge is 0.378 e. The van der Waals surface area contributed by atoms with E-state index in [1.54, 1.807) is 0 Å². The van der Waals surface area contributed by atoms with Gasteiger partial charge in [-0.25, -0.2) is 15.8 Å². The Morgan fingerprint density at radius 1 is 1.33 bits per heavy atom. The van der Waals surface area contributed by atoms with Crippen LogP contribution < -0.4 is 16.2 Å². The van der Waals surface area contributed by atoms with Gasteiger partial charge in [0.05, 0.1) is 6.10 Å². The van der Waals surface area contributed by atoms with Crippen LogP contribution in [0.2, 0.25) is 0 Å². The van der Waals surface area contributed by atoms with Crippen molar-refractivity contribution in [3.05, 3.63) is 11.4 Å². The van der Waals surface area contributed by atoms with E-state index in [9.17, 15) is 0 Å². The Bertz CT molecular complexity index is 469. The molecule has 118 valence electrons. The minimum atomic E-state index is 0.275. The van der Waals surface area contributed by atoms with Gasteiger partial charge in [0.1, 0.15) is 17.5 Å². The number of rotatable bonds is 5. The van der Waals surface area contributed by atoms with Crippen molar-refractivity contribution in [1.29, 1.82) is 0 Å². The van der Waals surface area contributed by atoms with Gasteiger partial charge in [0.15, 0.2) is 0 Å². The topological polar surface area (TPSA) is 76.3 Å².